The summed E-state index contributed by atoms with van der Waals surface area (Å²) < 4.78 is 5.70. The van der Waals surface area contributed by atoms with Crippen LogP contribution in [0.4, 0.5) is 0 Å². The summed E-state index contributed by atoms with van der Waals surface area (Å²) in [6.45, 7) is 2.63. The second-order valence-electron chi connectivity index (χ2n) is 7.49. The Morgan fingerprint density at radius 1 is 1.35 bits per heavy atom. The molecule has 26 heavy (non-hydrogen) atoms. The van der Waals surface area contributed by atoms with Gasteiger partial charge in [-0.3, -0.25) is 9.79 Å². The quantitative estimate of drug-likeness (QED) is 0.385. The molecule has 2 rings (SSSR count). The van der Waals surface area contributed by atoms with Crippen LogP contribution in [-0.2, 0) is 9.53 Å². The molecule has 2 aliphatic rings. The predicted octanol–water partition coefficient (Wildman–Crippen LogP) is 2.92. The van der Waals surface area contributed by atoms with Gasteiger partial charge in [-0.05, 0) is 31.6 Å². The Labute approximate surface area is 156 Å². The van der Waals surface area contributed by atoms with Crippen molar-refractivity contribution < 1.29 is 24.9 Å². The Hall–Kier alpha value is -1.40. The van der Waals surface area contributed by atoms with E-state index in [0.717, 1.165) is 31.6 Å². The molecule has 0 saturated heterocycles. The van der Waals surface area contributed by atoms with Gasteiger partial charge in [0.25, 0.3) is 0 Å². The van der Waals surface area contributed by atoms with Gasteiger partial charge < -0.3 is 20.1 Å². The van der Waals surface area contributed by atoms with Crippen LogP contribution in [0.1, 0.15) is 64.7 Å². The number of rotatable bonds is 11. The largest absolute Gasteiger partial charge is 0.481 e. The van der Waals surface area contributed by atoms with Crippen LogP contribution in [0, 0.1) is 11.8 Å². The highest BCUT2D eigenvalue weighted by molar-refractivity contribution is 5.79. The molecular weight excluding hydrogens is 334 g/mol. The number of aliphatic hydroxyl groups excluding tert-OH is 2. The molecular formula is C20H33NO5. The lowest BCUT2D eigenvalue weighted by atomic mass is 9.90. The molecule has 1 heterocycles. The molecule has 0 bridgehead atoms. The van der Waals surface area contributed by atoms with Crippen LogP contribution in [0.2, 0.25) is 0 Å². The molecule has 148 valence electrons. The van der Waals surface area contributed by atoms with Crippen LogP contribution < -0.4 is 0 Å². The van der Waals surface area contributed by atoms with Crippen LogP contribution in [0.3, 0.4) is 0 Å². The van der Waals surface area contributed by atoms with Crippen molar-refractivity contribution in [2.24, 2.45) is 16.8 Å². The SMILES string of the molecule is CCCCCC(O)C=CC1C(O)CC2N=C(OCCCCC(=O)O)CC21. The summed E-state index contributed by atoms with van der Waals surface area (Å²) in [6.07, 6.45) is 9.82. The molecule has 1 fully saturated rings. The number of carboxylic acid groups (broad SMARTS) is 1. The van der Waals surface area contributed by atoms with Crippen molar-refractivity contribution in [2.75, 3.05) is 6.61 Å². The minimum atomic E-state index is -0.779. The minimum Gasteiger partial charge on any atom is -0.481 e. The number of aliphatic imine (C=N–C) groups is 1. The average molecular weight is 367 g/mol. The van der Waals surface area contributed by atoms with E-state index in [1.807, 2.05) is 12.2 Å². The Bertz CT molecular complexity index is 504. The van der Waals surface area contributed by atoms with Crippen LogP contribution in [0.15, 0.2) is 17.1 Å². The van der Waals surface area contributed by atoms with Gasteiger partial charge in [-0.1, -0.05) is 38.3 Å². The van der Waals surface area contributed by atoms with Crippen LogP contribution in [-0.4, -0.2) is 52.0 Å². The molecule has 0 aromatic carbocycles. The second-order valence-corrected chi connectivity index (χ2v) is 7.49. The van der Waals surface area contributed by atoms with Crippen LogP contribution in [0.5, 0.6) is 0 Å². The van der Waals surface area contributed by atoms with E-state index < -0.39 is 18.2 Å². The zero-order chi connectivity index (χ0) is 18.9. The first-order valence-corrected chi connectivity index (χ1v) is 9.97. The van der Waals surface area contributed by atoms with Gasteiger partial charge in [0.15, 0.2) is 5.90 Å². The zero-order valence-electron chi connectivity index (χ0n) is 15.7. The summed E-state index contributed by atoms with van der Waals surface area (Å²) in [4.78, 5) is 15.1. The van der Waals surface area contributed by atoms with E-state index in [9.17, 15) is 15.0 Å². The number of carbonyl (C=O) groups is 1. The fourth-order valence-electron chi connectivity index (χ4n) is 3.87. The third kappa shape index (κ3) is 6.40. The number of fused-ring (bicyclic) bond motifs is 1. The van der Waals surface area contributed by atoms with Gasteiger partial charge in [0.05, 0.1) is 24.9 Å². The highest BCUT2D eigenvalue weighted by Crippen LogP contribution is 2.42. The predicted molar refractivity (Wildman–Crippen MR) is 100 cm³/mol. The van der Waals surface area contributed by atoms with E-state index >= 15 is 0 Å². The molecule has 0 aromatic heterocycles. The van der Waals surface area contributed by atoms with E-state index in [2.05, 4.69) is 11.9 Å². The van der Waals surface area contributed by atoms with Gasteiger partial charge in [-0.25, -0.2) is 0 Å². The molecule has 5 atom stereocenters. The summed E-state index contributed by atoms with van der Waals surface area (Å²) >= 11 is 0. The molecule has 1 aliphatic heterocycles. The monoisotopic (exact) mass is 367 g/mol. The van der Waals surface area contributed by atoms with Gasteiger partial charge in [0, 0.05) is 18.8 Å². The van der Waals surface area contributed by atoms with E-state index in [1.165, 1.54) is 0 Å². The topological polar surface area (TPSA) is 99.4 Å². The molecule has 6 nitrogen and oxygen atoms in total. The van der Waals surface area contributed by atoms with Crippen molar-refractivity contribution in [3.05, 3.63) is 12.2 Å². The maximum atomic E-state index is 10.5. The Morgan fingerprint density at radius 2 is 2.15 bits per heavy atom. The third-order valence-electron chi connectivity index (χ3n) is 5.35. The number of carboxylic acids is 1. The number of hydrogen-bond acceptors (Lipinski definition) is 5. The molecule has 0 amide bonds. The molecule has 0 aromatic rings. The average Bonchev–Trinajstić information content (AvgIpc) is 3.09. The highest BCUT2D eigenvalue weighted by atomic mass is 16.5. The normalized spacial score (nSPS) is 29.0. The smallest absolute Gasteiger partial charge is 0.303 e. The van der Waals surface area contributed by atoms with E-state index in [0.29, 0.717) is 32.3 Å². The molecule has 1 aliphatic carbocycles. The van der Waals surface area contributed by atoms with Crippen molar-refractivity contribution in [1.29, 1.82) is 0 Å². The fraction of sp³-hybridized carbons (Fsp3) is 0.800. The highest BCUT2D eigenvalue weighted by Gasteiger charge is 2.45. The minimum absolute atomic E-state index is 0.0117. The summed E-state index contributed by atoms with van der Waals surface area (Å²) in [5.74, 6) is 0.193. The number of ether oxygens (including phenoxy) is 1. The van der Waals surface area contributed by atoms with Gasteiger partial charge in [-0.2, -0.15) is 0 Å². The Kier molecular flexibility index (Phi) is 8.59. The van der Waals surface area contributed by atoms with Gasteiger partial charge in [0.1, 0.15) is 0 Å². The molecule has 5 unspecified atom stereocenters. The number of aliphatic hydroxyl groups is 2. The zero-order valence-corrected chi connectivity index (χ0v) is 15.7. The number of unbranched alkanes of at least 4 members (excludes halogenated alkanes) is 3. The van der Waals surface area contributed by atoms with Crippen LogP contribution >= 0.6 is 0 Å². The first-order valence-electron chi connectivity index (χ1n) is 9.97. The van der Waals surface area contributed by atoms with Crippen molar-refractivity contribution in [3.8, 4) is 0 Å². The maximum Gasteiger partial charge on any atom is 0.303 e. The van der Waals surface area contributed by atoms with Gasteiger partial charge in [0.2, 0.25) is 0 Å². The fourth-order valence-corrected chi connectivity index (χ4v) is 3.87. The number of hydrogen-bond donors (Lipinski definition) is 3. The van der Waals surface area contributed by atoms with Crippen LogP contribution in [0.25, 0.3) is 0 Å². The summed E-state index contributed by atoms with van der Waals surface area (Å²) in [5.41, 5.74) is 0. The second kappa shape index (κ2) is 10.7. The molecule has 1 saturated carbocycles. The molecule has 0 spiro atoms. The lowest BCUT2D eigenvalue weighted by Crippen LogP contribution is -2.20. The molecule has 6 heteroatoms. The lowest BCUT2D eigenvalue weighted by molar-refractivity contribution is -0.137. The standard InChI is InChI=1S/C20H33NO5/c1-2-3-4-7-14(22)9-10-15-16-12-19(21-17(16)13-18(15)23)26-11-6-5-8-20(24)25/h9-10,14-18,22-23H,2-8,11-13H2,1H3,(H,24,25). The summed E-state index contributed by atoms with van der Waals surface area (Å²) in [6, 6.07) is 0.0888. The molecule has 0 radical (unpaired) electrons. The van der Waals surface area contributed by atoms with Crippen molar-refractivity contribution in [3.63, 3.8) is 0 Å². The lowest BCUT2D eigenvalue weighted by Gasteiger charge is -2.17. The van der Waals surface area contributed by atoms with Gasteiger partial charge in [-0.15, -0.1) is 0 Å². The van der Waals surface area contributed by atoms with Gasteiger partial charge >= 0.3 is 5.97 Å². The van der Waals surface area contributed by atoms with Crippen molar-refractivity contribution in [1.82, 2.24) is 0 Å². The number of nitrogens with zero attached hydrogens (tertiary/aromatic N) is 1. The van der Waals surface area contributed by atoms with Crippen molar-refractivity contribution in [2.45, 2.75) is 83.0 Å². The van der Waals surface area contributed by atoms with Crippen molar-refractivity contribution >= 4 is 11.9 Å². The Morgan fingerprint density at radius 3 is 2.88 bits per heavy atom. The first kappa shape index (κ1) is 20.9. The third-order valence-corrected chi connectivity index (χ3v) is 5.35. The Balaban J connectivity index is 1.75. The van der Waals surface area contributed by atoms with E-state index in [1.54, 1.807) is 0 Å². The first-order chi connectivity index (χ1) is 12.5. The molecule has 3 N–H and O–H groups in total. The van der Waals surface area contributed by atoms with E-state index in [-0.39, 0.29) is 24.3 Å². The maximum absolute atomic E-state index is 10.5. The van der Waals surface area contributed by atoms with E-state index in [4.69, 9.17) is 9.84 Å². The summed E-state index contributed by atoms with van der Waals surface area (Å²) in [7, 11) is 0. The summed E-state index contributed by atoms with van der Waals surface area (Å²) in [5, 5.41) is 29.0. The number of aliphatic carboxylic acids is 1.